The number of hydrogen-bond donors (Lipinski definition) is 1. The highest BCUT2D eigenvalue weighted by atomic mass is 19.1. The van der Waals surface area contributed by atoms with Crippen molar-refractivity contribution >= 4 is 11.9 Å². The molecule has 1 N–H and O–H groups in total. The van der Waals surface area contributed by atoms with Crippen molar-refractivity contribution in [3.05, 3.63) is 0 Å². The van der Waals surface area contributed by atoms with Gasteiger partial charge in [-0.2, -0.15) is 0 Å². The van der Waals surface area contributed by atoms with E-state index in [4.69, 9.17) is 0 Å². The third-order valence-electron chi connectivity index (χ3n) is 2.28. The summed E-state index contributed by atoms with van der Waals surface area (Å²) in [5.74, 6) is -0.180. The SMILES string of the molecule is C[C@@H](NC(=O)N1CC(F)C1)C(=O)N(C)C. The van der Waals surface area contributed by atoms with Crippen molar-refractivity contribution in [2.24, 2.45) is 0 Å². The molecule has 0 aliphatic carbocycles. The summed E-state index contributed by atoms with van der Waals surface area (Å²) in [6.45, 7) is 1.84. The first-order chi connectivity index (χ1) is 6.91. The molecule has 5 nitrogen and oxygen atoms in total. The second kappa shape index (κ2) is 4.46. The van der Waals surface area contributed by atoms with Crippen LogP contribution in [-0.2, 0) is 4.79 Å². The molecule has 6 heteroatoms. The van der Waals surface area contributed by atoms with Crippen LogP contribution in [0.1, 0.15) is 6.92 Å². The van der Waals surface area contributed by atoms with Gasteiger partial charge < -0.3 is 15.1 Å². The van der Waals surface area contributed by atoms with E-state index in [9.17, 15) is 14.0 Å². The van der Waals surface area contributed by atoms with E-state index in [1.807, 2.05) is 0 Å². The summed E-state index contributed by atoms with van der Waals surface area (Å²) in [5.41, 5.74) is 0. The van der Waals surface area contributed by atoms with Crippen LogP contribution in [0.4, 0.5) is 9.18 Å². The molecule has 1 rings (SSSR count). The molecular weight excluding hydrogens is 201 g/mol. The predicted molar refractivity (Wildman–Crippen MR) is 53.2 cm³/mol. The average Bonchev–Trinajstić information content (AvgIpc) is 2.11. The lowest BCUT2D eigenvalue weighted by Crippen LogP contribution is -2.58. The van der Waals surface area contributed by atoms with Crippen LogP contribution in [0.2, 0.25) is 0 Å². The molecular formula is C9H16FN3O2. The number of likely N-dealkylation sites (tertiary alicyclic amines) is 1. The molecule has 0 spiro atoms. The molecule has 0 bridgehead atoms. The number of carbonyl (C=O) groups is 2. The van der Waals surface area contributed by atoms with Crippen LogP contribution in [-0.4, -0.2) is 61.1 Å². The monoisotopic (exact) mass is 217 g/mol. The van der Waals surface area contributed by atoms with E-state index in [2.05, 4.69) is 5.32 Å². The summed E-state index contributed by atoms with van der Waals surface area (Å²) in [5, 5.41) is 2.51. The van der Waals surface area contributed by atoms with Gasteiger partial charge in [-0.05, 0) is 6.92 Å². The number of carbonyl (C=O) groups excluding carboxylic acids is 2. The number of halogens is 1. The number of amides is 3. The molecule has 0 unspecified atom stereocenters. The van der Waals surface area contributed by atoms with Crippen molar-refractivity contribution in [2.75, 3.05) is 27.2 Å². The van der Waals surface area contributed by atoms with Gasteiger partial charge in [0, 0.05) is 14.1 Å². The van der Waals surface area contributed by atoms with Gasteiger partial charge in [0.1, 0.15) is 12.2 Å². The summed E-state index contributed by atoms with van der Waals surface area (Å²) >= 11 is 0. The van der Waals surface area contributed by atoms with Crippen LogP contribution in [0.25, 0.3) is 0 Å². The van der Waals surface area contributed by atoms with Gasteiger partial charge in [-0.3, -0.25) is 4.79 Å². The van der Waals surface area contributed by atoms with Gasteiger partial charge in [-0.1, -0.05) is 0 Å². The maximum atomic E-state index is 12.5. The molecule has 0 aromatic carbocycles. The number of nitrogens with one attached hydrogen (secondary N) is 1. The number of alkyl halides is 1. The molecule has 3 amide bonds. The fourth-order valence-electron chi connectivity index (χ4n) is 1.32. The normalized spacial score (nSPS) is 18.0. The van der Waals surface area contributed by atoms with Gasteiger partial charge in [0.15, 0.2) is 0 Å². The Bertz CT molecular complexity index is 264. The summed E-state index contributed by atoms with van der Waals surface area (Å²) in [6, 6.07) is -0.960. The largest absolute Gasteiger partial charge is 0.347 e. The van der Waals surface area contributed by atoms with Crippen LogP contribution in [0.15, 0.2) is 0 Å². The minimum atomic E-state index is -0.921. The minimum Gasteiger partial charge on any atom is -0.347 e. The van der Waals surface area contributed by atoms with E-state index in [-0.39, 0.29) is 25.0 Å². The van der Waals surface area contributed by atoms with Crippen molar-refractivity contribution in [2.45, 2.75) is 19.1 Å². The number of hydrogen-bond acceptors (Lipinski definition) is 2. The summed E-state index contributed by atoms with van der Waals surface area (Å²) < 4.78 is 12.5. The Hall–Kier alpha value is -1.33. The Morgan fingerprint density at radius 2 is 2.00 bits per heavy atom. The Balaban J connectivity index is 2.35. The highest BCUT2D eigenvalue weighted by molar-refractivity contribution is 5.86. The third-order valence-corrected chi connectivity index (χ3v) is 2.28. The van der Waals surface area contributed by atoms with E-state index in [1.165, 1.54) is 9.80 Å². The fourth-order valence-corrected chi connectivity index (χ4v) is 1.32. The van der Waals surface area contributed by atoms with E-state index in [0.717, 1.165) is 0 Å². The summed E-state index contributed by atoms with van der Waals surface area (Å²) in [4.78, 5) is 25.5. The first-order valence-electron chi connectivity index (χ1n) is 4.82. The zero-order chi connectivity index (χ0) is 11.6. The second-order valence-electron chi connectivity index (χ2n) is 3.91. The van der Waals surface area contributed by atoms with Gasteiger partial charge in [0.2, 0.25) is 5.91 Å². The molecule has 1 fully saturated rings. The molecule has 1 aliphatic heterocycles. The van der Waals surface area contributed by atoms with Crippen LogP contribution >= 0.6 is 0 Å². The molecule has 1 heterocycles. The van der Waals surface area contributed by atoms with E-state index < -0.39 is 12.2 Å². The third kappa shape index (κ3) is 2.81. The molecule has 0 aromatic rings. The minimum absolute atomic E-state index is 0.120. The number of likely N-dealkylation sites (N-methyl/N-ethyl adjacent to an activating group) is 1. The van der Waals surface area contributed by atoms with Crippen molar-refractivity contribution in [3.63, 3.8) is 0 Å². The van der Waals surface area contributed by atoms with Crippen molar-refractivity contribution in [1.29, 1.82) is 0 Å². The molecule has 86 valence electrons. The highest BCUT2D eigenvalue weighted by Gasteiger charge is 2.31. The number of nitrogens with zero attached hydrogens (tertiary/aromatic N) is 2. The summed E-state index contributed by atoms with van der Waals surface area (Å²) in [7, 11) is 3.23. The van der Waals surface area contributed by atoms with Crippen LogP contribution in [0.5, 0.6) is 0 Å². The Labute approximate surface area is 88.2 Å². The Morgan fingerprint density at radius 1 is 1.47 bits per heavy atom. The maximum absolute atomic E-state index is 12.5. The standard InChI is InChI=1S/C9H16FN3O2/c1-6(8(14)12(2)3)11-9(15)13-4-7(10)5-13/h6-7H,4-5H2,1-3H3,(H,11,15)/t6-/m1/s1. The molecule has 0 saturated carbocycles. The van der Waals surface area contributed by atoms with Gasteiger partial charge in [0.05, 0.1) is 13.1 Å². The topological polar surface area (TPSA) is 52.7 Å². The van der Waals surface area contributed by atoms with Crippen LogP contribution < -0.4 is 5.32 Å². The van der Waals surface area contributed by atoms with Crippen molar-refractivity contribution < 1.29 is 14.0 Å². The van der Waals surface area contributed by atoms with Gasteiger partial charge in [-0.15, -0.1) is 0 Å². The molecule has 0 radical (unpaired) electrons. The summed E-state index contributed by atoms with van der Waals surface area (Å²) in [6.07, 6.45) is -0.921. The van der Waals surface area contributed by atoms with Crippen molar-refractivity contribution in [3.8, 4) is 0 Å². The van der Waals surface area contributed by atoms with Crippen molar-refractivity contribution in [1.82, 2.24) is 15.1 Å². The highest BCUT2D eigenvalue weighted by Crippen LogP contribution is 2.10. The van der Waals surface area contributed by atoms with Gasteiger partial charge in [0.25, 0.3) is 0 Å². The van der Waals surface area contributed by atoms with Crippen LogP contribution in [0, 0.1) is 0 Å². The molecule has 1 aliphatic rings. The average molecular weight is 217 g/mol. The maximum Gasteiger partial charge on any atom is 0.318 e. The zero-order valence-electron chi connectivity index (χ0n) is 9.16. The molecule has 1 saturated heterocycles. The van der Waals surface area contributed by atoms with Gasteiger partial charge >= 0.3 is 6.03 Å². The molecule has 1 atom stereocenters. The molecule has 0 aromatic heterocycles. The number of rotatable bonds is 2. The van der Waals surface area contributed by atoms with E-state index in [0.29, 0.717) is 0 Å². The molecule has 15 heavy (non-hydrogen) atoms. The number of urea groups is 1. The smallest absolute Gasteiger partial charge is 0.318 e. The zero-order valence-corrected chi connectivity index (χ0v) is 9.16. The Kier molecular flexibility index (Phi) is 3.49. The van der Waals surface area contributed by atoms with Gasteiger partial charge in [-0.25, -0.2) is 9.18 Å². The first kappa shape index (κ1) is 11.7. The quantitative estimate of drug-likeness (QED) is 0.698. The lowest BCUT2D eigenvalue weighted by Gasteiger charge is -2.35. The van der Waals surface area contributed by atoms with Crippen LogP contribution in [0.3, 0.4) is 0 Å². The predicted octanol–water partition coefficient (Wildman–Crippen LogP) is -0.174. The first-order valence-corrected chi connectivity index (χ1v) is 4.82. The van der Waals surface area contributed by atoms with E-state index >= 15 is 0 Å². The lowest BCUT2D eigenvalue weighted by atomic mass is 10.2. The lowest BCUT2D eigenvalue weighted by molar-refractivity contribution is -0.130. The Morgan fingerprint density at radius 3 is 2.40 bits per heavy atom. The second-order valence-corrected chi connectivity index (χ2v) is 3.91. The fraction of sp³-hybridized carbons (Fsp3) is 0.778. The van der Waals surface area contributed by atoms with E-state index in [1.54, 1.807) is 21.0 Å².